The van der Waals surface area contributed by atoms with Crippen molar-refractivity contribution in [1.82, 2.24) is 19.6 Å². The molecule has 0 spiro atoms. The number of imidazole rings is 1. The van der Waals surface area contributed by atoms with Crippen LogP contribution in [0.15, 0.2) is 79.0 Å². The third-order valence-electron chi connectivity index (χ3n) is 6.67. The van der Waals surface area contributed by atoms with Gasteiger partial charge in [-0.15, -0.1) is 0 Å². The summed E-state index contributed by atoms with van der Waals surface area (Å²) in [5.74, 6) is -0.282. The lowest BCUT2D eigenvalue weighted by molar-refractivity contribution is 0.0909. The topological polar surface area (TPSA) is 49.6 Å². The molecule has 3 aromatic carbocycles. The monoisotopic (exact) mass is 484 g/mol. The van der Waals surface area contributed by atoms with Gasteiger partial charge in [-0.2, -0.15) is 0 Å². The zero-order chi connectivity index (χ0) is 23.8. The molecule has 3 heterocycles. The number of halogens is 1. The van der Waals surface area contributed by atoms with Crippen molar-refractivity contribution in [3.8, 4) is 11.3 Å². The number of rotatable bonds is 5. The lowest BCUT2D eigenvalue weighted by Crippen LogP contribution is -2.44. The molecule has 0 bridgehead atoms. The second-order valence-electron chi connectivity index (χ2n) is 9.08. The van der Waals surface area contributed by atoms with Crippen LogP contribution in [0.2, 0.25) is 0 Å². The van der Waals surface area contributed by atoms with Crippen LogP contribution in [-0.4, -0.2) is 39.3 Å². The molecule has 0 radical (unpaired) electrons. The summed E-state index contributed by atoms with van der Waals surface area (Å²) in [6.07, 6.45) is 3.88. The van der Waals surface area contributed by atoms with Gasteiger partial charge in [-0.25, -0.2) is 9.37 Å². The van der Waals surface area contributed by atoms with Gasteiger partial charge in [0.1, 0.15) is 5.82 Å². The lowest BCUT2D eigenvalue weighted by atomic mass is 10.0. The molecular formula is C28H25FN4OS. The van der Waals surface area contributed by atoms with E-state index in [-0.39, 0.29) is 17.8 Å². The molecule has 1 N–H and O–H groups in total. The number of piperidine rings is 1. The molecule has 1 aliphatic heterocycles. The van der Waals surface area contributed by atoms with Gasteiger partial charge in [-0.05, 0) is 60.9 Å². The van der Waals surface area contributed by atoms with Gasteiger partial charge in [-0.3, -0.25) is 14.1 Å². The quantitative estimate of drug-likeness (QED) is 0.346. The molecule has 176 valence electrons. The van der Waals surface area contributed by atoms with Crippen LogP contribution in [0.25, 0.3) is 26.4 Å². The number of nitrogens with one attached hydrogen (secondary N) is 1. The van der Waals surface area contributed by atoms with E-state index < -0.39 is 0 Å². The first-order valence-electron chi connectivity index (χ1n) is 11.9. The second kappa shape index (κ2) is 9.24. The summed E-state index contributed by atoms with van der Waals surface area (Å²) in [7, 11) is 0. The number of amides is 1. The Morgan fingerprint density at radius 3 is 2.57 bits per heavy atom. The first-order chi connectivity index (χ1) is 17.1. The summed E-state index contributed by atoms with van der Waals surface area (Å²) in [5.41, 5.74) is 4.69. The Kier molecular flexibility index (Phi) is 5.80. The van der Waals surface area contributed by atoms with Crippen LogP contribution in [0.1, 0.15) is 28.8 Å². The van der Waals surface area contributed by atoms with Gasteiger partial charge in [0.05, 0.1) is 15.9 Å². The first kappa shape index (κ1) is 21.9. The van der Waals surface area contributed by atoms with Crippen LogP contribution in [0, 0.1) is 5.82 Å². The Hall–Kier alpha value is -3.55. The number of thiazole rings is 1. The molecule has 0 unspecified atom stereocenters. The standard InChI is InChI=1S/C28H25FN4OS/c29-22-9-6-20(7-10-22)24-18-33-25-11-8-21(16-26(25)35-28(33)31-24)27(34)30-23-12-14-32(15-13-23)17-19-4-2-1-3-5-19/h1-11,16,18,23H,12-15,17H2,(H,30,34). The van der Waals surface area contributed by atoms with Gasteiger partial charge in [0.15, 0.2) is 4.96 Å². The molecule has 1 aliphatic rings. The lowest BCUT2D eigenvalue weighted by Gasteiger charge is -2.32. The highest BCUT2D eigenvalue weighted by atomic mass is 32.1. The molecule has 35 heavy (non-hydrogen) atoms. The molecule has 7 heteroatoms. The van der Waals surface area contributed by atoms with Crippen LogP contribution in [0.4, 0.5) is 4.39 Å². The van der Waals surface area contributed by atoms with Gasteiger partial charge in [-0.1, -0.05) is 41.7 Å². The Labute approximate surface area is 206 Å². The number of aromatic nitrogens is 2. The highest BCUT2D eigenvalue weighted by molar-refractivity contribution is 7.23. The van der Waals surface area contributed by atoms with E-state index in [4.69, 9.17) is 4.98 Å². The maximum Gasteiger partial charge on any atom is 0.251 e. The fourth-order valence-corrected chi connectivity index (χ4v) is 5.79. The Bertz CT molecular complexity index is 1480. The van der Waals surface area contributed by atoms with Crippen molar-refractivity contribution in [2.75, 3.05) is 13.1 Å². The smallest absolute Gasteiger partial charge is 0.251 e. The first-order valence-corrected chi connectivity index (χ1v) is 12.7. The van der Waals surface area contributed by atoms with Crippen LogP contribution < -0.4 is 5.32 Å². The van der Waals surface area contributed by atoms with Crippen LogP contribution >= 0.6 is 11.3 Å². The van der Waals surface area contributed by atoms with E-state index in [1.54, 1.807) is 23.5 Å². The van der Waals surface area contributed by atoms with Gasteiger partial charge >= 0.3 is 0 Å². The maximum absolute atomic E-state index is 13.2. The molecule has 1 fully saturated rings. The summed E-state index contributed by atoms with van der Waals surface area (Å²) in [4.78, 5) is 21.0. The molecule has 2 aromatic heterocycles. The van der Waals surface area contributed by atoms with E-state index in [0.29, 0.717) is 5.56 Å². The van der Waals surface area contributed by atoms with E-state index in [1.807, 2.05) is 34.9 Å². The third kappa shape index (κ3) is 4.57. The average Bonchev–Trinajstić information content (AvgIpc) is 3.44. The van der Waals surface area contributed by atoms with E-state index in [9.17, 15) is 9.18 Å². The van der Waals surface area contributed by atoms with Crippen molar-refractivity contribution in [3.05, 3.63) is 95.9 Å². The highest BCUT2D eigenvalue weighted by Gasteiger charge is 2.22. The largest absolute Gasteiger partial charge is 0.349 e. The van der Waals surface area contributed by atoms with Gasteiger partial charge < -0.3 is 5.32 Å². The molecule has 1 saturated heterocycles. The zero-order valence-electron chi connectivity index (χ0n) is 19.2. The van der Waals surface area contributed by atoms with Gasteiger partial charge in [0.2, 0.25) is 0 Å². The molecule has 5 aromatic rings. The number of hydrogen-bond acceptors (Lipinski definition) is 4. The Morgan fingerprint density at radius 2 is 1.80 bits per heavy atom. The summed E-state index contributed by atoms with van der Waals surface area (Å²) >= 11 is 1.55. The number of carbonyl (C=O) groups is 1. The summed E-state index contributed by atoms with van der Waals surface area (Å²) < 4.78 is 16.3. The minimum absolute atomic E-state index is 0.0218. The van der Waals surface area contributed by atoms with Crippen LogP contribution in [0.5, 0.6) is 0 Å². The average molecular weight is 485 g/mol. The number of fused-ring (bicyclic) bond motifs is 3. The van der Waals surface area contributed by atoms with Crippen molar-refractivity contribution in [2.45, 2.75) is 25.4 Å². The maximum atomic E-state index is 13.2. The molecule has 5 nitrogen and oxygen atoms in total. The van der Waals surface area contributed by atoms with E-state index in [2.05, 4.69) is 34.5 Å². The summed E-state index contributed by atoms with van der Waals surface area (Å²) in [6.45, 7) is 2.93. The van der Waals surface area contributed by atoms with Crippen LogP contribution in [-0.2, 0) is 6.54 Å². The molecule has 0 atom stereocenters. The molecule has 0 saturated carbocycles. The predicted molar refractivity (Wildman–Crippen MR) is 138 cm³/mol. The number of nitrogens with zero attached hydrogens (tertiary/aromatic N) is 3. The molecule has 1 amide bonds. The van der Waals surface area contributed by atoms with Crippen LogP contribution in [0.3, 0.4) is 0 Å². The molecule has 0 aliphatic carbocycles. The molecule has 6 rings (SSSR count). The van der Waals surface area contributed by atoms with Crippen molar-refractivity contribution in [2.24, 2.45) is 0 Å². The Morgan fingerprint density at radius 1 is 1.03 bits per heavy atom. The fraction of sp³-hybridized carbons (Fsp3) is 0.214. The van der Waals surface area contributed by atoms with Crippen molar-refractivity contribution >= 4 is 32.4 Å². The van der Waals surface area contributed by atoms with E-state index >= 15 is 0 Å². The normalized spacial score (nSPS) is 15.1. The number of carbonyl (C=O) groups excluding carboxylic acids is 1. The summed E-state index contributed by atoms with van der Waals surface area (Å²) in [5, 5.41) is 3.23. The van der Waals surface area contributed by atoms with Gasteiger partial charge in [0.25, 0.3) is 5.91 Å². The SMILES string of the molecule is O=C(NC1CCN(Cc2ccccc2)CC1)c1ccc2c(c1)sc1nc(-c3ccc(F)cc3)cn12. The highest BCUT2D eigenvalue weighted by Crippen LogP contribution is 2.30. The fourth-order valence-electron chi connectivity index (χ4n) is 4.75. The van der Waals surface area contributed by atoms with E-state index in [0.717, 1.165) is 58.9 Å². The molecular weight excluding hydrogens is 459 g/mol. The minimum atomic E-state index is -0.260. The number of likely N-dealkylation sites (tertiary alicyclic amines) is 1. The van der Waals surface area contributed by atoms with Crippen molar-refractivity contribution < 1.29 is 9.18 Å². The third-order valence-corrected chi connectivity index (χ3v) is 7.69. The minimum Gasteiger partial charge on any atom is -0.349 e. The summed E-state index contributed by atoms with van der Waals surface area (Å²) in [6, 6.07) is 22.9. The number of hydrogen-bond donors (Lipinski definition) is 1. The van der Waals surface area contributed by atoms with Gasteiger partial charge in [0, 0.05) is 43.0 Å². The second-order valence-corrected chi connectivity index (χ2v) is 10.1. The van der Waals surface area contributed by atoms with Crippen molar-refractivity contribution in [3.63, 3.8) is 0 Å². The van der Waals surface area contributed by atoms with E-state index in [1.165, 1.54) is 17.7 Å². The van der Waals surface area contributed by atoms with Crippen molar-refractivity contribution in [1.29, 1.82) is 0 Å². The number of benzene rings is 3. The predicted octanol–water partition coefficient (Wildman–Crippen LogP) is 5.75. The zero-order valence-corrected chi connectivity index (χ0v) is 20.0. The Balaban J connectivity index is 1.12.